The predicted molar refractivity (Wildman–Crippen MR) is 131 cm³/mol. The molecule has 0 saturated carbocycles. The number of hydrogen-bond acceptors (Lipinski definition) is 5. The summed E-state index contributed by atoms with van der Waals surface area (Å²) in [7, 11) is 0. The van der Waals surface area contributed by atoms with Crippen LogP contribution in [-0.2, 0) is 9.59 Å². The van der Waals surface area contributed by atoms with E-state index >= 15 is 0 Å². The lowest BCUT2D eigenvalue weighted by Crippen LogP contribution is -2.40. The molecule has 5 rings (SSSR count). The number of amides is 2. The molecule has 2 N–H and O–H groups in total. The van der Waals surface area contributed by atoms with Crippen LogP contribution in [-0.4, -0.2) is 52.3 Å². The van der Waals surface area contributed by atoms with Gasteiger partial charge in [0.15, 0.2) is 5.65 Å². The lowest BCUT2D eigenvalue weighted by Gasteiger charge is -2.37. The van der Waals surface area contributed by atoms with Crippen molar-refractivity contribution in [1.29, 1.82) is 5.26 Å². The van der Waals surface area contributed by atoms with Crippen LogP contribution in [0.5, 0.6) is 0 Å². The number of pyridine rings is 1. The number of carbonyl (C=O) groups is 2. The van der Waals surface area contributed by atoms with Crippen molar-refractivity contribution in [1.82, 2.24) is 14.3 Å². The summed E-state index contributed by atoms with van der Waals surface area (Å²) in [4.78, 5) is 32.7. The number of nitrogens with two attached hydrogens (primary N) is 1. The number of anilines is 1. The molecule has 2 fully saturated rings. The molecule has 8 nitrogen and oxygen atoms in total. The van der Waals surface area contributed by atoms with Crippen LogP contribution >= 0.6 is 0 Å². The first-order chi connectivity index (χ1) is 16.4. The number of primary amides is 1. The molecule has 2 aromatic heterocycles. The Kier molecular flexibility index (Phi) is 5.64. The Morgan fingerprint density at radius 1 is 1.09 bits per heavy atom. The van der Waals surface area contributed by atoms with E-state index in [1.807, 2.05) is 29.2 Å². The minimum atomic E-state index is -0.229. The molecule has 4 heterocycles. The van der Waals surface area contributed by atoms with Gasteiger partial charge >= 0.3 is 0 Å². The zero-order valence-electron chi connectivity index (χ0n) is 19.8. The molecule has 2 aliphatic rings. The van der Waals surface area contributed by atoms with Gasteiger partial charge in [-0.25, -0.2) is 4.98 Å². The first-order valence-electron chi connectivity index (χ1n) is 12.0. The highest BCUT2D eigenvalue weighted by Crippen LogP contribution is 2.40. The fourth-order valence-corrected chi connectivity index (χ4v) is 5.86. The summed E-state index contributed by atoms with van der Waals surface area (Å²) in [6.07, 6.45) is 3.09. The zero-order chi connectivity index (χ0) is 24.0. The standard InChI is InChI=1S/C26H30N6O2/c1-16-23(18-7-11-30(12-8-18)17(2)33)20(15-27)25-29-21-5-3-4-6-22(21)32(25)26(16)31-13-9-19(10-14-31)24(28)34/h3-6,18-19H,7-14H2,1-2H3,(H2,28,34). The fraction of sp³-hybridized carbons (Fsp3) is 0.462. The third-order valence-electron chi connectivity index (χ3n) is 7.66. The second kappa shape index (κ2) is 8.64. The third-order valence-corrected chi connectivity index (χ3v) is 7.66. The summed E-state index contributed by atoms with van der Waals surface area (Å²) < 4.78 is 2.13. The molecular formula is C26H30N6O2. The number of likely N-dealkylation sites (tertiary alicyclic amines) is 1. The van der Waals surface area contributed by atoms with E-state index in [9.17, 15) is 14.9 Å². The van der Waals surface area contributed by atoms with E-state index in [0.717, 1.165) is 66.8 Å². The highest BCUT2D eigenvalue weighted by molar-refractivity contribution is 5.86. The van der Waals surface area contributed by atoms with E-state index in [2.05, 4.69) is 22.3 Å². The largest absolute Gasteiger partial charge is 0.369 e. The van der Waals surface area contributed by atoms with Gasteiger partial charge in [-0.15, -0.1) is 0 Å². The number of fused-ring (bicyclic) bond motifs is 3. The number of aromatic nitrogens is 2. The van der Waals surface area contributed by atoms with E-state index in [1.54, 1.807) is 6.92 Å². The maximum absolute atomic E-state index is 11.9. The second-order valence-electron chi connectivity index (χ2n) is 9.55. The van der Waals surface area contributed by atoms with Crippen LogP contribution in [0.2, 0.25) is 0 Å². The first-order valence-corrected chi connectivity index (χ1v) is 12.0. The van der Waals surface area contributed by atoms with Gasteiger partial charge in [-0.05, 0) is 61.8 Å². The van der Waals surface area contributed by atoms with Gasteiger partial charge in [-0.3, -0.25) is 14.0 Å². The van der Waals surface area contributed by atoms with Crippen LogP contribution in [0.1, 0.15) is 55.2 Å². The summed E-state index contributed by atoms with van der Waals surface area (Å²) >= 11 is 0. The first kappa shape index (κ1) is 22.2. The van der Waals surface area contributed by atoms with Gasteiger partial charge in [0, 0.05) is 39.0 Å². The molecule has 2 saturated heterocycles. The van der Waals surface area contributed by atoms with E-state index in [-0.39, 0.29) is 23.7 Å². The van der Waals surface area contributed by atoms with Gasteiger partial charge in [-0.1, -0.05) is 12.1 Å². The number of rotatable bonds is 3. The van der Waals surface area contributed by atoms with Crippen molar-refractivity contribution in [3.05, 3.63) is 41.0 Å². The molecule has 3 aromatic rings. The summed E-state index contributed by atoms with van der Waals surface area (Å²) in [5.41, 5.74) is 10.9. The van der Waals surface area contributed by atoms with Gasteiger partial charge < -0.3 is 15.5 Å². The molecule has 0 atom stereocenters. The molecule has 0 spiro atoms. The number of benzene rings is 1. The van der Waals surface area contributed by atoms with Crippen molar-refractivity contribution >= 4 is 34.3 Å². The van der Waals surface area contributed by atoms with Crippen LogP contribution in [0.15, 0.2) is 24.3 Å². The van der Waals surface area contributed by atoms with E-state index in [4.69, 9.17) is 10.7 Å². The number of imidazole rings is 1. The summed E-state index contributed by atoms with van der Waals surface area (Å²) in [5, 5.41) is 10.3. The van der Waals surface area contributed by atoms with Crippen molar-refractivity contribution in [2.24, 2.45) is 11.7 Å². The molecular weight excluding hydrogens is 428 g/mol. The Morgan fingerprint density at radius 3 is 2.38 bits per heavy atom. The quantitative estimate of drug-likeness (QED) is 0.649. The predicted octanol–water partition coefficient (Wildman–Crippen LogP) is 3.10. The Bertz CT molecular complexity index is 1320. The number of para-hydroxylation sites is 2. The Labute approximate surface area is 198 Å². The van der Waals surface area contributed by atoms with E-state index in [1.165, 1.54) is 0 Å². The Morgan fingerprint density at radius 2 is 1.76 bits per heavy atom. The molecule has 1 aromatic carbocycles. The van der Waals surface area contributed by atoms with Gasteiger partial charge in [0.2, 0.25) is 11.8 Å². The summed E-state index contributed by atoms with van der Waals surface area (Å²) in [5.74, 6) is 1.02. The average Bonchev–Trinajstić information content (AvgIpc) is 3.22. The van der Waals surface area contributed by atoms with Gasteiger partial charge in [0.25, 0.3) is 0 Å². The number of nitriles is 1. The topological polar surface area (TPSA) is 108 Å². The minimum Gasteiger partial charge on any atom is -0.369 e. The Balaban J connectivity index is 1.68. The maximum atomic E-state index is 11.9. The lowest BCUT2D eigenvalue weighted by molar-refractivity contribution is -0.129. The molecule has 34 heavy (non-hydrogen) atoms. The van der Waals surface area contributed by atoms with Crippen LogP contribution < -0.4 is 10.6 Å². The second-order valence-corrected chi connectivity index (χ2v) is 9.55. The lowest BCUT2D eigenvalue weighted by atomic mass is 9.84. The number of carbonyl (C=O) groups excluding carboxylic acids is 2. The molecule has 0 aliphatic carbocycles. The van der Waals surface area contributed by atoms with Crippen LogP contribution in [0.25, 0.3) is 16.7 Å². The molecule has 176 valence electrons. The van der Waals surface area contributed by atoms with Crippen molar-refractivity contribution < 1.29 is 9.59 Å². The molecule has 0 radical (unpaired) electrons. The summed E-state index contributed by atoms with van der Waals surface area (Å²) in [6, 6.07) is 10.5. The highest BCUT2D eigenvalue weighted by Gasteiger charge is 2.32. The van der Waals surface area contributed by atoms with Crippen LogP contribution in [0.3, 0.4) is 0 Å². The zero-order valence-corrected chi connectivity index (χ0v) is 19.8. The van der Waals surface area contributed by atoms with E-state index < -0.39 is 0 Å². The Hall–Kier alpha value is -3.60. The van der Waals surface area contributed by atoms with Crippen LogP contribution in [0, 0.1) is 24.2 Å². The monoisotopic (exact) mass is 458 g/mol. The average molecular weight is 459 g/mol. The number of hydrogen-bond donors (Lipinski definition) is 1. The number of nitrogens with zero attached hydrogens (tertiary/aromatic N) is 5. The smallest absolute Gasteiger partial charge is 0.220 e. The third kappa shape index (κ3) is 3.56. The van der Waals surface area contributed by atoms with Crippen molar-refractivity contribution in [3.63, 3.8) is 0 Å². The molecule has 0 unspecified atom stereocenters. The van der Waals surface area contributed by atoms with Crippen molar-refractivity contribution in [3.8, 4) is 6.07 Å². The van der Waals surface area contributed by atoms with Crippen molar-refractivity contribution in [2.45, 2.75) is 45.4 Å². The molecule has 8 heteroatoms. The SMILES string of the molecule is CC(=O)N1CCC(c2c(C)c(N3CCC(C(N)=O)CC3)n3c(nc4ccccc43)c2C#N)CC1. The van der Waals surface area contributed by atoms with Gasteiger partial charge in [-0.2, -0.15) is 5.26 Å². The molecule has 2 aliphatic heterocycles. The molecule has 2 amide bonds. The van der Waals surface area contributed by atoms with Crippen LogP contribution in [0.4, 0.5) is 5.82 Å². The summed E-state index contributed by atoms with van der Waals surface area (Å²) in [6.45, 7) is 6.57. The van der Waals surface area contributed by atoms with E-state index in [0.29, 0.717) is 24.3 Å². The van der Waals surface area contributed by atoms with Gasteiger partial charge in [0.1, 0.15) is 11.9 Å². The van der Waals surface area contributed by atoms with Gasteiger partial charge in [0.05, 0.1) is 16.6 Å². The maximum Gasteiger partial charge on any atom is 0.220 e. The normalized spacial score (nSPS) is 17.9. The minimum absolute atomic E-state index is 0.0969. The highest BCUT2D eigenvalue weighted by atomic mass is 16.2. The van der Waals surface area contributed by atoms with Crippen molar-refractivity contribution in [2.75, 3.05) is 31.1 Å². The number of piperidine rings is 2. The molecule has 0 bridgehead atoms. The fourth-order valence-electron chi connectivity index (χ4n) is 5.86.